The number of nitrogen functional groups attached to an aromatic ring is 1. The van der Waals surface area contributed by atoms with Gasteiger partial charge in [-0.15, -0.1) is 0 Å². The molecule has 0 radical (unpaired) electrons. The SMILES string of the molecule is CCO[C@H]1OC(C(=O)NCCCCC(=O)Nc2ccccc2N)=C[C@@H](c2coc3ccccc3c2=O)[C@@H]1CCOCCOCCO. The molecule has 2 amide bonds. The lowest BCUT2D eigenvalue weighted by atomic mass is 9.81. The molecular formula is C34H43N3O9. The van der Waals surface area contributed by atoms with Gasteiger partial charge in [0.25, 0.3) is 5.91 Å². The highest BCUT2D eigenvalue weighted by Gasteiger charge is 2.39. The molecular weight excluding hydrogens is 594 g/mol. The minimum Gasteiger partial charge on any atom is -0.464 e. The van der Waals surface area contributed by atoms with Gasteiger partial charge < -0.3 is 44.8 Å². The number of ether oxygens (including phenoxy) is 4. The molecule has 1 aliphatic rings. The molecule has 12 heteroatoms. The number of fused-ring (bicyclic) bond motifs is 1. The van der Waals surface area contributed by atoms with Gasteiger partial charge in [0.2, 0.25) is 12.2 Å². The van der Waals surface area contributed by atoms with E-state index >= 15 is 0 Å². The van der Waals surface area contributed by atoms with Crippen LogP contribution in [0, 0.1) is 5.92 Å². The molecule has 0 unspecified atom stereocenters. The van der Waals surface area contributed by atoms with Crippen LogP contribution in [0.25, 0.3) is 11.0 Å². The van der Waals surface area contributed by atoms with Crippen molar-refractivity contribution in [1.29, 1.82) is 0 Å². The number of carbonyl (C=O) groups is 2. The molecule has 0 saturated carbocycles. The lowest BCUT2D eigenvalue weighted by Gasteiger charge is -2.36. The van der Waals surface area contributed by atoms with Crippen LogP contribution in [0.1, 0.15) is 44.1 Å². The van der Waals surface area contributed by atoms with Crippen LogP contribution in [0.5, 0.6) is 0 Å². The number of aliphatic hydroxyl groups is 1. The summed E-state index contributed by atoms with van der Waals surface area (Å²) >= 11 is 0. The Hall–Kier alpha value is -4.23. The van der Waals surface area contributed by atoms with E-state index in [0.717, 1.165) is 0 Å². The summed E-state index contributed by atoms with van der Waals surface area (Å²) in [7, 11) is 0. The molecule has 4 rings (SSSR count). The Bertz CT molecular complexity index is 1520. The van der Waals surface area contributed by atoms with E-state index in [1.807, 2.05) is 6.92 Å². The quantitative estimate of drug-likeness (QED) is 0.119. The van der Waals surface area contributed by atoms with Crippen LogP contribution in [0.3, 0.4) is 0 Å². The van der Waals surface area contributed by atoms with Gasteiger partial charge in [0.05, 0.1) is 49.5 Å². The largest absolute Gasteiger partial charge is 0.464 e. The van der Waals surface area contributed by atoms with Crippen molar-refractivity contribution in [3.63, 3.8) is 0 Å². The second kappa shape index (κ2) is 18.1. The van der Waals surface area contributed by atoms with Gasteiger partial charge in [-0.05, 0) is 56.5 Å². The van der Waals surface area contributed by atoms with Gasteiger partial charge in [-0.1, -0.05) is 24.3 Å². The molecule has 2 aromatic carbocycles. The number of aliphatic hydroxyl groups excluding tert-OH is 1. The first-order valence-corrected chi connectivity index (χ1v) is 15.6. The number of benzene rings is 2. The van der Waals surface area contributed by atoms with E-state index < -0.39 is 18.1 Å². The van der Waals surface area contributed by atoms with Gasteiger partial charge in [-0.2, -0.15) is 0 Å². The monoisotopic (exact) mass is 637 g/mol. The smallest absolute Gasteiger partial charge is 0.286 e. The molecule has 3 aromatic rings. The summed E-state index contributed by atoms with van der Waals surface area (Å²) in [5, 5.41) is 15.0. The van der Waals surface area contributed by atoms with Crippen molar-refractivity contribution in [3.05, 3.63) is 82.4 Å². The van der Waals surface area contributed by atoms with Crippen LogP contribution < -0.4 is 21.8 Å². The van der Waals surface area contributed by atoms with Crippen molar-refractivity contribution in [1.82, 2.24) is 5.32 Å². The molecule has 3 atom stereocenters. The second-order valence-electron chi connectivity index (χ2n) is 10.8. The fourth-order valence-corrected chi connectivity index (χ4v) is 5.25. The Morgan fingerprint density at radius 1 is 1.00 bits per heavy atom. The minimum absolute atomic E-state index is 0.0443. The van der Waals surface area contributed by atoms with Crippen LogP contribution in [-0.4, -0.2) is 69.4 Å². The number of anilines is 2. The van der Waals surface area contributed by atoms with Gasteiger partial charge in [0.1, 0.15) is 5.58 Å². The lowest BCUT2D eigenvalue weighted by molar-refractivity contribution is -0.168. The van der Waals surface area contributed by atoms with E-state index in [9.17, 15) is 14.4 Å². The van der Waals surface area contributed by atoms with Gasteiger partial charge >= 0.3 is 0 Å². The van der Waals surface area contributed by atoms with Gasteiger partial charge in [0, 0.05) is 43.6 Å². The molecule has 248 valence electrons. The fourth-order valence-electron chi connectivity index (χ4n) is 5.25. The molecule has 0 aliphatic carbocycles. The van der Waals surface area contributed by atoms with Gasteiger partial charge in [-0.25, -0.2) is 0 Å². The Morgan fingerprint density at radius 3 is 2.54 bits per heavy atom. The van der Waals surface area contributed by atoms with Gasteiger partial charge in [-0.3, -0.25) is 14.4 Å². The maximum atomic E-state index is 13.6. The number of nitrogens with two attached hydrogens (primary N) is 1. The Balaban J connectivity index is 1.43. The standard InChI is InChI=1S/C34H43N3O9/c1-2-44-34-23(14-17-42-19-20-43-18-16-38)25(26-22-45-29-12-6-3-9-24(29)32(26)40)21-30(46-34)33(41)36-15-8-7-13-31(39)37-28-11-5-4-10-27(28)35/h3-6,9-12,21-23,25,34,38H,2,7-8,13-20,35H2,1H3,(H,36,41)(H,37,39)/t23-,25+,34-/m0/s1. The summed E-state index contributed by atoms with van der Waals surface area (Å²) in [6.07, 6.45) is 4.12. The highest BCUT2D eigenvalue weighted by Crippen LogP contribution is 2.38. The molecule has 5 N–H and O–H groups in total. The average Bonchev–Trinajstić information content (AvgIpc) is 3.06. The van der Waals surface area contributed by atoms with Gasteiger partial charge in [0.15, 0.2) is 11.2 Å². The third kappa shape index (κ3) is 9.63. The zero-order chi connectivity index (χ0) is 32.7. The third-order valence-corrected chi connectivity index (χ3v) is 7.56. The average molecular weight is 638 g/mol. The molecule has 1 aromatic heterocycles. The third-order valence-electron chi connectivity index (χ3n) is 7.56. The lowest BCUT2D eigenvalue weighted by Crippen LogP contribution is -2.40. The number of nitrogens with one attached hydrogen (secondary N) is 2. The summed E-state index contributed by atoms with van der Waals surface area (Å²) < 4.78 is 28.9. The van der Waals surface area contributed by atoms with E-state index in [0.29, 0.717) is 80.1 Å². The second-order valence-corrected chi connectivity index (χ2v) is 10.8. The molecule has 0 bridgehead atoms. The van der Waals surface area contributed by atoms with Crippen LogP contribution >= 0.6 is 0 Å². The summed E-state index contributed by atoms with van der Waals surface area (Å²) in [5.41, 5.74) is 7.61. The predicted molar refractivity (Wildman–Crippen MR) is 173 cm³/mol. The van der Waals surface area contributed by atoms with Crippen molar-refractivity contribution in [3.8, 4) is 0 Å². The fraction of sp³-hybridized carbons (Fsp3) is 0.441. The molecule has 46 heavy (non-hydrogen) atoms. The van der Waals surface area contributed by atoms with Crippen LogP contribution in [0.4, 0.5) is 11.4 Å². The predicted octanol–water partition coefficient (Wildman–Crippen LogP) is 3.69. The van der Waals surface area contributed by atoms with Crippen LogP contribution in [-0.2, 0) is 28.5 Å². The first-order chi connectivity index (χ1) is 22.4. The molecule has 1 aliphatic heterocycles. The van der Waals surface area contributed by atoms with Crippen LogP contribution in [0.2, 0.25) is 0 Å². The number of amides is 2. The number of unbranched alkanes of at least 4 members (excludes halogenated alkanes) is 1. The maximum Gasteiger partial charge on any atom is 0.286 e. The summed E-state index contributed by atoms with van der Waals surface area (Å²) in [6.45, 7) is 3.65. The van der Waals surface area contributed by atoms with E-state index in [1.165, 1.54) is 6.26 Å². The van der Waals surface area contributed by atoms with Crippen molar-refractivity contribution in [2.75, 3.05) is 57.2 Å². The molecule has 0 fully saturated rings. The first kappa shape index (κ1) is 34.6. The van der Waals surface area contributed by atoms with Crippen molar-refractivity contribution < 1.29 is 38.1 Å². The zero-order valence-electron chi connectivity index (χ0n) is 26.1. The Labute approximate surface area is 267 Å². The topological polar surface area (TPSA) is 172 Å². The van der Waals surface area contributed by atoms with Crippen LogP contribution in [0.15, 0.2) is 75.8 Å². The van der Waals surface area contributed by atoms with E-state index in [4.69, 9.17) is 34.2 Å². The molecule has 0 spiro atoms. The summed E-state index contributed by atoms with van der Waals surface area (Å²) in [5.74, 6) is -1.49. The van der Waals surface area contributed by atoms with E-state index in [-0.39, 0.29) is 42.6 Å². The Kier molecular flexibility index (Phi) is 13.6. The van der Waals surface area contributed by atoms with Crippen molar-refractivity contribution in [2.24, 2.45) is 5.92 Å². The molecule has 0 saturated heterocycles. The number of rotatable bonds is 18. The zero-order valence-corrected chi connectivity index (χ0v) is 26.1. The summed E-state index contributed by atoms with van der Waals surface area (Å²) in [6, 6.07) is 14.1. The van der Waals surface area contributed by atoms with E-state index in [2.05, 4.69) is 10.6 Å². The number of hydrogen-bond donors (Lipinski definition) is 4. The number of para-hydroxylation sites is 3. The normalized spacial score (nSPS) is 17.7. The maximum absolute atomic E-state index is 13.6. The highest BCUT2D eigenvalue weighted by molar-refractivity contribution is 5.94. The number of allylic oxidation sites excluding steroid dienone is 1. The van der Waals surface area contributed by atoms with E-state index in [1.54, 1.807) is 54.6 Å². The first-order valence-electron chi connectivity index (χ1n) is 15.6. The number of carbonyl (C=O) groups excluding carboxylic acids is 2. The molecule has 2 heterocycles. The number of hydrogen-bond acceptors (Lipinski definition) is 10. The summed E-state index contributed by atoms with van der Waals surface area (Å²) in [4.78, 5) is 39.2. The molecule has 12 nitrogen and oxygen atoms in total. The van der Waals surface area contributed by atoms with Crippen molar-refractivity contribution >= 4 is 34.2 Å². The Morgan fingerprint density at radius 2 is 1.76 bits per heavy atom. The highest BCUT2D eigenvalue weighted by atomic mass is 16.7. The minimum atomic E-state index is -0.824. The van der Waals surface area contributed by atoms with Crippen molar-refractivity contribution in [2.45, 2.75) is 44.8 Å².